The standard InChI is InChI=1S/C48H52O9/c1-11-56-45(49)48(46(50)57-12-2)27-29-17-13-19-32(40(29)51-6)34-21-15-23-36(42(34)53-8)38-25-31(47(3,4)5)26-39(44(38)55-10)37-24-16-22-35(43(37)54-9)33-20-14-18-30(28-48)41(33)52-7/h13-26H,11-12,27-28H2,1-10H3. The number of fused-ring (bicyclic) bond motifs is 14. The van der Waals surface area contributed by atoms with Crippen LogP contribution in [0.25, 0.3) is 44.5 Å². The molecule has 0 radical (unpaired) electrons. The van der Waals surface area contributed by atoms with Gasteiger partial charge in [-0.2, -0.15) is 0 Å². The summed E-state index contributed by atoms with van der Waals surface area (Å²) in [4.78, 5) is 28.9. The van der Waals surface area contributed by atoms with Crippen LogP contribution < -0.4 is 23.7 Å². The Morgan fingerprint density at radius 3 is 1.11 bits per heavy atom. The average molecular weight is 773 g/mol. The molecule has 0 unspecified atom stereocenters. The first kappa shape index (κ1) is 40.7. The van der Waals surface area contributed by atoms with E-state index in [1.807, 2.05) is 72.8 Å². The number of carbonyl (C=O) groups excluding carboxylic acids is 2. The number of benzene rings is 5. The van der Waals surface area contributed by atoms with Crippen molar-refractivity contribution in [2.75, 3.05) is 48.8 Å². The zero-order valence-electron chi connectivity index (χ0n) is 34.6. The van der Waals surface area contributed by atoms with Crippen molar-refractivity contribution < 1.29 is 42.7 Å². The van der Waals surface area contributed by atoms with Crippen molar-refractivity contribution in [3.8, 4) is 73.3 Å². The van der Waals surface area contributed by atoms with Crippen LogP contribution in [0.5, 0.6) is 28.7 Å². The third kappa shape index (κ3) is 7.27. The summed E-state index contributed by atoms with van der Waals surface area (Å²) in [6.07, 6.45) is -0.193. The summed E-state index contributed by atoms with van der Waals surface area (Å²) in [7, 11) is 8.13. The molecular weight excluding hydrogens is 721 g/mol. The Balaban J connectivity index is 1.84. The van der Waals surface area contributed by atoms with Gasteiger partial charge in [-0.3, -0.25) is 9.59 Å². The van der Waals surface area contributed by atoms with Gasteiger partial charge in [0.2, 0.25) is 0 Å². The average Bonchev–Trinajstić information content (AvgIpc) is 3.21. The van der Waals surface area contributed by atoms with E-state index in [2.05, 4.69) is 32.9 Å². The number of ether oxygens (including phenoxy) is 7. The van der Waals surface area contributed by atoms with Gasteiger partial charge in [-0.05, 0) is 48.1 Å². The lowest BCUT2D eigenvalue weighted by molar-refractivity contribution is -0.172. The summed E-state index contributed by atoms with van der Waals surface area (Å²) in [5, 5.41) is 0. The van der Waals surface area contributed by atoms with E-state index >= 15 is 0 Å². The van der Waals surface area contributed by atoms with Crippen LogP contribution in [0.3, 0.4) is 0 Å². The van der Waals surface area contributed by atoms with Crippen molar-refractivity contribution in [3.63, 3.8) is 0 Å². The fourth-order valence-electron chi connectivity index (χ4n) is 8.02. The van der Waals surface area contributed by atoms with E-state index < -0.39 is 17.4 Å². The number of hydrogen-bond acceptors (Lipinski definition) is 9. The second-order valence-electron chi connectivity index (χ2n) is 15.0. The smallest absolute Gasteiger partial charge is 0.324 e. The van der Waals surface area contributed by atoms with E-state index in [1.165, 1.54) is 0 Å². The minimum atomic E-state index is -1.83. The Morgan fingerprint density at radius 2 is 0.789 bits per heavy atom. The van der Waals surface area contributed by atoms with Gasteiger partial charge in [0, 0.05) is 57.3 Å². The van der Waals surface area contributed by atoms with Crippen LogP contribution in [0, 0.1) is 5.41 Å². The molecule has 0 aliphatic heterocycles. The van der Waals surface area contributed by atoms with Gasteiger partial charge in [-0.1, -0.05) is 93.6 Å². The van der Waals surface area contributed by atoms with Gasteiger partial charge in [-0.15, -0.1) is 0 Å². The zero-order chi connectivity index (χ0) is 41.1. The van der Waals surface area contributed by atoms with E-state index in [9.17, 15) is 9.59 Å². The van der Waals surface area contributed by atoms with Crippen LogP contribution in [-0.4, -0.2) is 60.7 Å². The van der Waals surface area contributed by atoms with Gasteiger partial charge in [0.05, 0.1) is 48.8 Å². The third-order valence-corrected chi connectivity index (χ3v) is 10.7. The lowest BCUT2D eigenvalue weighted by atomic mass is 9.75. The van der Waals surface area contributed by atoms with Gasteiger partial charge in [0.15, 0.2) is 5.41 Å². The molecule has 0 N–H and O–H groups in total. The van der Waals surface area contributed by atoms with E-state index in [1.54, 1.807) is 49.4 Å². The Morgan fingerprint density at radius 1 is 0.491 bits per heavy atom. The molecule has 5 aromatic rings. The van der Waals surface area contributed by atoms with Crippen LogP contribution in [-0.2, 0) is 37.3 Å². The molecule has 0 saturated carbocycles. The molecule has 5 aromatic carbocycles. The minimum absolute atomic E-state index is 0.0584. The molecule has 6 rings (SSSR count). The molecule has 0 heterocycles. The molecule has 0 aromatic heterocycles. The molecule has 1 aliphatic rings. The highest BCUT2D eigenvalue weighted by Crippen LogP contribution is 2.53. The Kier molecular flexibility index (Phi) is 11.9. The van der Waals surface area contributed by atoms with Gasteiger partial charge in [0.25, 0.3) is 0 Å². The van der Waals surface area contributed by atoms with E-state index in [0.29, 0.717) is 51.0 Å². The van der Waals surface area contributed by atoms with Gasteiger partial charge in [-0.25, -0.2) is 0 Å². The largest absolute Gasteiger partial charge is 0.496 e. The monoisotopic (exact) mass is 772 g/mol. The first-order valence-electron chi connectivity index (χ1n) is 19.2. The number of methoxy groups -OCH3 is 5. The summed E-state index contributed by atoms with van der Waals surface area (Å²) >= 11 is 0. The molecule has 9 heteroatoms. The number of para-hydroxylation sites is 4. The van der Waals surface area contributed by atoms with Crippen molar-refractivity contribution in [1.82, 2.24) is 0 Å². The number of esters is 2. The summed E-state index contributed by atoms with van der Waals surface area (Å²) in [5.41, 5.74) is 6.34. The van der Waals surface area contributed by atoms with E-state index in [-0.39, 0.29) is 31.5 Å². The first-order chi connectivity index (χ1) is 27.4. The number of hydrogen-bond donors (Lipinski definition) is 0. The van der Waals surface area contributed by atoms with E-state index in [0.717, 1.165) is 38.9 Å². The fraction of sp³-hybridized carbons (Fsp3) is 0.333. The van der Waals surface area contributed by atoms with Crippen LogP contribution in [0.15, 0.2) is 84.9 Å². The highest BCUT2D eigenvalue weighted by molar-refractivity contribution is 6.01. The van der Waals surface area contributed by atoms with E-state index in [4.69, 9.17) is 33.2 Å². The lowest BCUT2D eigenvalue weighted by Crippen LogP contribution is -2.46. The highest BCUT2D eigenvalue weighted by atomic mass is 16.6. The van der Waals surface area contributed by atoms with Crippen molar-refractivity contribution in [3.05, 3.63) is 102 Å². The topological polar surface area (TPSA) is 98.8 Å². The molecular formula is C48H52O9. The van der Waals surface area contributed by atoms with Crippen molar-refractivity contribution in [2.24, 2.45) is 5.41 Å². The molecule has 10 bridgehead atoms. The molecule has 1 aliphatic carbocycles. The quantitative estimate of drug-likeness (QED) is 0.107. The lowest BCUT2D eigenvalue weighted by Gasteiger charge is -2.31. The zero-order valence-corrected chi connectivity index (χ0v) is 34.6. The fourth-order valence-corrected chi connectivity index (χ4v) is 8.02. The molecule has 57 heavy (non-hydrogen) atoms. The number of carbonyl (C=O) groups is 2. The Labute approximate surface area is 335 Å². The maximum atomic E-state index is 14.4. The Hall–Kier alpha value is -5.96. The first-order valence-corrected chi connectivity index (χ1v) is 19.2. The normalized spacial score (nSPS) is 13.0. The summed E-state index contributed by atoms with van der Waals surface area (Å²) < 4.78 is 42.8. The molecule has 0 atom stereocenters. The minimum Gasteiger partial charge on any atom is -0.496 e. The summed E-state index contributed by atoms with van der Waals surface area (Å²) in [6, 6.07) is 27.6. The molecule has 298 valence electrons. The van der Waals surface area contributed by atoms with Crippen molar-refractivity contribution >= 4 is 11.9 Å². The van der Waals surface area contributed by atoms with Crippen LogP contribution in [0.2, 0.25) is 0 Å². The van der Waals surface area contributed by atoms with Gasteiger partial charge in [0.1, 0.15) is 28.7 Å². The maximum absolute atomic E-state index is 14.4. The SMILES string of the molecule is CCOC(=O)C1(C(=O)OCC)Cc2cccc(c2OC)-c2cccc(c2OC)-c2cc(C(C)(C)C)cc(c2OC)-c2cccc(c2OC)-c2cccc(c2OC)C1. The number of rotatable bonds is 9. The predicted molar refractivity (Wildman–Crippen MR) is 223 cm³/mol. The maximum Gasteiger partial charge on any atom is 0.324 e. The molecule has 9 nitrogen and oxygen atoms in total. The van der Waals surface area contributed by atoms with Crippen LogP contribution >= 0.6 is 0 Å². The summed E-state index contributed by atoms with van der Waals surface area (Å²) in [5.74, 6) is 1.35. The van der Waals surface area contributed by atoms with Crippen molar-refractivity contribution in [1.29, 1.82) is 0 Å². The van der Waals surface area contributed by atoms with Gasteiger partial charge < -0.3 is 33.2 Å². The highest BCUT2D eigenvalue weighted by Gasteiger charge is 2.50. The second kappa shape index (κ2) is 16.6. The molecule has 0 fully saturated rings. The molecule has 0 spiro atoms. The van der Waals surface area contributed by atoms with Gasteiger partial charge >= 0.3 is 11.9 Å². The third-order valence-electron chi connectivity index (χ3n) is 10.7. The molecule has 0 amide bonds. The van der Waals surface area contributed by atoms with Crippen LogP contribution in [0.1, 0.15) is 51.3 Å². The second-order valence-corrected chi connectivity index (χ2v) is 15.0. The Bertz CT molecular complexity index is 2150. The van der Waals surface area contributed by atoms with Crippen molar-refractivity contribution in [2.45, 2.75) is 52.9 Å². The molecule has 0 saturated heterocycles. The summed E-state index contributed by atoms with van der Waals surface area (Å²) in [6.45, 7) is 10.1. The van der Waals surface area contributed by atoms with Crippen LogP contribution in [0.4, 0.5) is 0 Å². The predicted octanol–water partition coefficient (Wildman–Crippen LogP) is 9.91.